The number of hydrogen-bond acceptors (Lipinski definition) is 3. The largest absolute Gasteiger partial charge is 0.507 e. The minimum Gasteiger partial charge on any atom is -0.507 e. The molecule has 0 fully saturated rings. The smallest absolute Gasteiger partial charge is 0.124 e. The van der Waals surface area contributed by atoms with Crippen molar-refractivity contribution in [3.05, 3.63) is 71.5 Å². The normalized spacial score (nSPS) is 11.2. The number of nitrogens with zero attached hydrogens (tertiary/aromatic N) is 3. The summed E-state index contributed by atoms with van der Waals surface area (Å²) in [6.45, 7) is 3.93. The molecule has 0 bridgehead atoms. The maximum Gasteiger partial charge on any atom is 0.124 e. The molecule has 0 radical (unpaired) electrons. The lowest BCUT2D eigenvalue weighted by molar-refractivity contribution is 0.474. The number of aromatic hydroxyl groups is 1. The summed E-state index contributed by atoms with van der Waals surface area (Å²) in [6.07, 6.45) is 1.67. The minimum absolute atomic E-state index is 0.219. The molecule has 1 N–H and O–H groups in total. The van der Waals surface area contributed by atoms with E-state index in [-0.39, 0.29) is 5.75 Å². The van der Waals surface area contributed by atoms with Gasteiger partial charge in [-0.25, -0.2) is 4.68 Å². The summed E-state index contributed by atoms with van der Waals surface area (Å²) in [5.41, 5.74) is 4.34. The molecule has 110 valence electrons. The van der Waals surface area contributed by atoms with Crippen LogP contribution in [-0.2, 0) is 0 Å². The van der Waals surface area contributed by atoms with Crippen LogP contribution in [0.25, 0.3) is 5.69 Å². The Balaban J connectivity index is 1.99. The standard InChI is InChI=1S/C18H17N3O/c1-13-18(19-12-15-8-6-7-11-17(15)22)14(2)21(20-13)16-9-4-3-5-10-16/h3-12,22H,1-2H3. The van der Waals surface area contributed by atoms with Gasteiger partial charge in [0.2, 0.25) is 0 Å². The Morgan fingerprint density at radius 2 is 1.68 bits per heavy atom. The predicted octanol–water partition coefficient (Wildman–Crippen LogP) is 3.95. The van der Waals surface area contributed by atoms with Crippen LogP contribution in [0.5, 0.6) is 5.75 Å². The number of aliphatic imine (C=N–C) groups is 1. The van der Waals surface area contributed by atoms with Gasteiger partial charge in [0.1, 0.15) is 11.4 Å². The van der Waals surface area contributed by atoms with Crippen molar-refractivity contribution in [2.75, 3.05) is 0 Å². The number of phenols is 1. The highest BCUT2D eigenvalue weighted by molar-refractivity contribution is 5.85. The molecule has 22 heavy (non-hydrogen) atoms. The van der Waals surface area contributed by atoms with Crippen LogP contribution in [0.15, 0.2) is 59.6 Å². The number of aromatic nitrogens is 2. The Kier molecular flexibility index (Phi) is 3.74. The van der Waals surface area contributed by atoms with E-state index in [1.54, 1.807) is 18.3 Å². The van der Waals surface area contributed by atoms with E-state index in [2.05, 4.69) is 10.1 Å². The van der Waals surface area contributed by atoms with Gasteiger partial charge in [-0.2, -0.15) is 5.10 Å². The number of rotatable bonds is 3. The maximum atomic E-state index is 9.80. The summed E-state index contributed by atoms with van der Waals surface area (Å²) in [5.74, 6) is 0.219. The van der Waals surface area contributed by atoms with Gasteiger partial charge in [-0.05, 0) is 38.1 Å². The molecule has 1 heterocycles. The third-order valence-electron chi connectivity index (χ3n) is 3.52. The molecule has 0 aliphatic rings. The second-order valence-electron chi connectivity index (χ2n) is 5.08. The third-order valence-corrected chi connectivity index (χ3v) is 3.52. The lowest BCUT2D eigenvalue weighted by atomic mass is 10.2. The summed E-state index contributed by atoms with van der Waals surface area (Å²) in [5, 5.41) is 14.4. The predicted molar refractivity (Wildman–Crippen MR) is 88.4 cm³/mol. The van der Waals surface area contributed by atoms with Crippen molar-refractivity contribution < 1.29 is 5.11 Å². The van der Waals surface area contributed by atoms with E-state index in [0.717, 1.165) is 22.8 Å². The second-order valence-corrected chi connectivity index (χ2v) is 5.08. The molecule has 0 spiro atoms. The summed E-state index contributed by atoms with van der Waals surface area (Å²) in [4.78, 5) is 4.51. The summed E-state index contributed by atoms with van der Waals surface area (Å²) in [6, 6.07) is 17.1. The van der Waals surface area contributed by atoms with E-state index in [1.807, 2.05) is 61.0 Å². The Bertz CT molecular complexity index is 820. The molecule has 0 atom stereocenters. The first kappa shape index (κ1) is 14.1. The zero-order valence-corrected chi connectivity index (χ0v) is 12.6. The van der Waals surface area contributed by atoms with Crippen LogP contribution in [-0.4, -0.2) is 21.1 Å². The molecule has 0 aliphatic carbocycles. The highest BCUT2D eigenvalue weighted by Crippen LogP contribution is 2.26. The first-order chi connectivity index (χ1) is 10.7. The van der Waals surface area contributed by atoms with E-state index < -0.39 is 0 Å². The van der Waals surface area contributed by atoms with Crippen LogP contribution in [0.2, 0.25) is 0 Å². The molecular formula is C18H17N3O. The number of hydrogen-bond donors (Lipinski definition) is 1. The van der Waals surface area contributed by atoms with Gasteiger partial charge in [0.15, 0.2) is 0 Å². The molecular weight excluding hydrogens is 274 g/mol. The third kappa shape index (κ3) is 2.63. The number of phenolic OH excluding ortho intramolecular Hbond substituents is 1. The Hall–Kier alpha value is -2.88. The summed E-state index contributed by atoms with van der Waals surface area (Å²) < 4.78 is 1.88. The molecule has 1 aromatic heterocycles. The van der Waals surface area contributed by atoms with Gasteiger partial charge in [-0.1, -0.05) is 30.3 Å². The van der Waals surface area contributed by atoms with Crippen LogP contribution in [0.4, 0.5) is 5.69 Å². The first-order valence-corrected chi connectivity index (χ1v) is 7.10. The van der Waals surface area contributed by atoms with Crippen LogP contribution < -0.4 is 0 Å². The molecule has 0 amide bonds. The Morgan fingerprint density at radius 1 is 1.00 bits per heavy atom. The number of para-hydroxylation sites is 2. The van der Waals surface area contributed by atoms with Crippen molar-refractivity contribution in [2.24, 2.45) is 4.99 Å². The Morgan fingerprint density at radius 3 is 2.41 bits per heavy atom. The molecule has 0 saturated carbocycles. The first-order valence-electron chi connectivity index (χ1n) is 7.10. The fourth-order valence-corrected chi connectivity index (χ4v) is 2.37. The molecule has 3 aromatic rings. The lowest BCUT2D eigenvalue weighted by Gasteiger charge is -2.03. The number of aryl methyl sites for hydroxylation is 1. The van der Waals surface area contributed by atoms with E-state index in [1.165, 1.54) is 0 Å². The monoisotopic (exact) mass is 291 g/mol. The van der Waals surface area contributed by atoms with Gasteiger partial charge < -0.3 is 5.11 Å². The highest BCUT2D eigenvalue weighted by atomic mass is 16.3. The van der Waals surface area contributed by atoms with Gasteiger partial charge in [0.25, 0.3) is 0 Å². The lowest BCUT2D eigenvalue weighted by Crippen LogP contribution is -1.98. The quantitative estimate of drug-likeness (QED) is 0.743. The minimum atomic E-state index is 0.219. The van der Waals surface area contributed by atoms with Gasteiger partial charge in [0, 0.05) is 11.8 Å². The van der Waals surface area contributed by atoms with Crippen LogP contribution >= 0.6 is 0 Å². The van der Waals surface area contributed by atoms with Crippen LogP contribution in [0, 0.1) is 13.8 Å². The molecule has 2 aromatic carbocycles. The van der Waals surface area contributed by atoms with Crippen molar-refractivity contribution >= 4 is 11.9 Å². The van der Waals surface area contributed by atoms with Crippen molar-refractivity contribution in [2.45, 2.75) is 13.8 Å². The van der Waals surface area contributed by atoms with Crippen molar-refractivity contribution in [1.29, 1.82) is 0 Å². The van der Waals surface area contributed by atoms with E-state index in [0.29, 0.717) is 5.56 Å². The average molecular weight is 291 g/mol. The zero-order valence-electron chi connectivity index (χ0n) is 12.6. The molecule has 0 aliphatic heterocycles. The van der Waals surface area contributed by atoms with E-state index in [4.69, 9.17) is 0 Å². The fraction of sp³-hybridized carbons (Fsp3) is 0.111. The van der Waals surface area contributed by atoms with Gasteiger partial charge >= 0.3 is 0 Å². The van der Waals surface area contributed by atoms with E-state index >= 15 is 0 Å². The van der Waals surface area contributed by atoms with Gasteiger partial charge in [-0.15, -0.1) is 0 Å². The SMILES string of the molecule is Cc1nn(-c2ccccc2)c(C)c1N=Cc1ccccc1O. The maximum absolute atomic E-state index is 9.80. The Labute approximate surface area is 129 Å². The molecule has 0 unspecified atom stereocenters. The van der Waals surface area contributed by atoms with Crippen LogP contribution in [0.3, 0.4) is 0 Å². The molecule has 4 heteroatoms. The zero-order chi connectivity index (χ0) is 15.5. The molecule has 4 nitrogen and oxygen atoms in total. The number of benzene rings is 2. The molecule has 0 saturated heterocycles. The van der Waals surface area contributed by atoms with Gasteiger partial charge in [-0.3, -0.25) is 4.99 Å². The van der Waals surface area contributed by atoms with Crippen molar-refractivity contribution in [1.82, 2.24) is 9.78 Å². The second kappa shape index (κ2) is 5.85. The fourth-order valence-electron chi connectivity index (χ4n) is 2.37. The summed E-state index contributed by atoms with van der Waals surface area (Å²) >= 11 is 0. The topological polar surface area (TPSA) is 50.4 Å². The average Bonchev–Trinajstić information content (AvgIpc) is 2.82. The van der Waals surface area contributed by atoms with Crippen molar-refractivity contribution in [3.8, 4) is 11.4 Å². The van der Waals surface area contributed by atoms with Crippen LogP contribution in [0.1, 0.15) is 17.0 Å². The highest BCUT2D eigenvalue weighted by Gasteiger charge is 2.11. The van der Waals surface area contributed by atoms with E-state index in [9.17, 15) is 5.11 Å². The summed E-state index contributed by atoms with van der Waals surface area (Å²) in [7, 11) is 0. The van der Waals surface area contributed by atoms with Crippen molar-refractivity contribution in [3.63, 3.8) is 0 Å². The molecule has 3 rings (SSSR count). The van der Waals surface area contributed by atoms with Gasteiger partial charge in [0.05, 0.1) is 17.1 Å².